The molecule has 1 aromatic rings. The van der Waals surface area contributed by atoms with Gasteiger partial charge in [-0.2, -0.15) is 0 Å². The van der Waals surface area contributed by atoms with Crippen molar-refractivity contribution in [2.45, 2.75) is 39.7 Å². The summed E-state index contributed by atoms with van der Waals surface area (Å²) in [5, 5.41) is 3.25. The Kier molecular flexibility index (Phi) is 6.72. The van der Waals surface area contributed by atoms with Crippen LogP contribution in [0.15, 0.2) is 24.3 Å². The molecule has 0 heterocycles. The van der Waals surface area contributed by atoms with E-state index in [1.54, 1.807) is 6.07 Å². The molecule has 1 aromatic carbocycles. The van der Waals surface area contributed by atoms with Gasteiger partial charge in [0.1, 0.15) is 0 Å². The third kappa shape index (κ3) is 5.45. The Bertz CT molecular complexity index is 486. The molecule has 0 saturated heterocycles. The topological polar surface area (TPSA) is 75.4 Å². The van der Waals surface area contributed by atoms with Crippen molar-refractivity contribution in [1.29, 1.82) is 0 Å². The molecule has 0 spiro atoms. The fraction of sp³-hybridized carbons (Fsp3) is 0.500. The molecule has 116 valence electrons. The van der Waals surface area contributed by atoms with Gasteiger partial charge in [-0.05, 0) is 32.4 Å². The Morgan fingerprint density at radius 1 is 1.29 bits per heavy atom. The number of unbranched alkanes of at least 4 members (excludes halogenated alkanes) is 1. The first kappa shape index (κ1) is 17.0. The van der Waals surface area contributed by atoms with E-state index in [0.29, 0.717) is 12.1 Å². The first-order valence-electron chi connectivity index (χ1n) is 7.38. The van der Waals surface area contributed by atoms with Gasteiger partial charge in [-0.3, -0.25) is 9.59 Å². The van der Waals surface area contributed by atoms with Gasteiger partial charge in [0.25, 0.3) is 5.91 Å². The molecular formula is C16H25N3O2. The lowest BCUT2D eigenvalue weighted by atomic mass is 10.1. The zero-order valence-electron chi connectivity index (χ0n) is 13.1. The number of benzene rings is 1. The third-order valence-corrected chi connectivity index (χ3v) is 3.02. The normalized spacial score (nSPS) is 10.5. The standard InChI is InChI=1S/C16H25N3O2/c1-4-5-10-19(11-15(17)20)16(21)13-8-6-7-9-14(13)18-12(2)3/h6-9,12,18H,4-5,10-11H2,1-3H3,(H2,17,20). The van der Waals surface area contributed by atoms with Crippen molar-refractivity contribution >= 4 is 17.5 Å². The van der Waals surface area contributed by atoms with Gasteiger partial charge in [0.15, 0.2) is 0 Å². The van der Waals surface area contributed by atoms with Crippen molar-refractivity contribution in [1.82, 2.24) is 4.90 Å². The van der Waals surface area contributed by atoms with Crippen molar-refractivity contribution in [3.05, 3.63) is 29.8 Å². The maximum absolute atomic E-state index is 12.7. The summed E-state index contributed by atoms with van der Waals surface area (Å²) in [4.78, 5) is 25.4. The number of anilines is 1. The van der Waals surface area contributed by atoms with E-state index in [1.807, 2.05) is 39.0 Å². The van der Waals surface area contributed by atoms with Crippen LogP contribution in [0.4, 0.5) is 5.69 Å². The molecule has 0 bridgehead atoms. The Hall–Kier alpha value is -2.04. The first-order chi connectivity index (χ1) is 9.95. The highest BCUT2D eigenvalue weighted by molar-refractivity contribution is 6.01. The molecule has 0 fully saturated rings. The van der Waals surface area contributed by atoms with E-state index in [1.165, 1.54) is 4.90 Å². The van der Waals surface area contributed by atoms with Crippen molar-refractivity contribution < 1.29 is 9.59 Å². The van der Waals surface area contributed by atoms with E-state index in [0.717, 1.165) is 18.5 Å². The van der Waals surface area contributed by atoms with Gasteiger partial charge in [-0.1, -0.05) is 25.5 Å². The Labute approximate surface area is 126 Å². The van der Waals surface area contributed by atoms with Gasteiger partial charge >= 0.3 is 0 Å². The lowest BCUT2D eigenvalue weighted by molar-refractivity contribution is -0.118. The summed E-state index contributed by atoms with van der Waals surface area (Å²) < 4.78 is 0. The van der Waals surface area contributed by atoms with Gasteiger partial charge < -0.3 is 16.0 Å². The van der Waals surface area contributed by atoms with Crippen molar-refractivity contribution in [2.24, 2.45) is 5.73 Å². The molecule has 0 atom stereocenters. The molecule has 3 N–H and O–H groups in total. The zero-order chi connectivity index (χ0) is 15.8. The van der Waals surface area contributed by atoms with Gasteiger partial charge in [0.2, 0.25) is 5.91 Å². The fourth-order valence-electron chi connectivity index (χ4n) is 2.07. The number of rotatable bonds is 8. The van der Waals surface area contributed by atoms with Crippen LogP contribution in [0.1, 0.15) is 44.0 Å². The smallest absolute Gasteiger partial charge is 0.256 e. The number of carbonyl (C=O) groups excluding carboxylic acids is 2. The van der Waals surface area contributed by atoms with Gasteiger partial charge in [-0.15, -0.1) is 0 Å². The predicted molar refractivity (Wildman–Crippen MR) is 85.2 cm³/mol. The van der Waals surface area contributed by atoms with Crippen LogP contribution in [0.5, 0.6) is 0 Å². The molecule has 0 aliphatic carbocycles. The average molecular weight is 291 g/mol. The Morgan fingerprint density at radius 2 is 1.95 bits per heavy atom. The zero-order valence-corrected chi connectivity index (χ0v) is 13.1. The monoisotopic (exact) mass is 291 g/mol. The molecule has 0 radical (unpaired) electrons. The highest BCUT2D eigenvalue weighted by Gasteiger charge is 2.20. The molecule has 2 amide bonds. The summed E-state index contributed by atoms with van der Waals surface area (Å²) in [6, 6.07) is 7.56. The molecule has 0 saturated carbocycles. The van der Waals surface area contributed by atoms with Crippen LogP contribution in [0, 0.1) is 0 Å². The summed E-state index contributed by atoms with van der Waals surface area (Å²) in [7, 11) is 0. The number of carbonyl (C=O) groups is 2. The number of nitrogens with two attached hydrogens (primary N) is 1. The molecule has 0 aliphatic rings. The number of hydrogen-bond acceptors (Lipinski definition) is 3. The van der Waals surface area contributed by atoms with Crippen LogP contribution in [0.3, 0.4) is 0 Å². The minimum absolute atomic E-state index is 0.0468. The highest BCUT2D eigenvalue weighted by atomic mass is 16.2. The summed E-state index contributed by atoms with van der Waals surface area (Å²) in [5.74, 6) is -0.653. The van der Waals surface area contributed by atoms with E-state index in [9.17, 15) is 9.59 Å². The molecule has 5 heteroatoms. The molecule has 0 unspecified atom stereocenters. The van der Waals surface area contributed by atoms with E-state index in [2.05, 4.69) is 5.32 Å². The lowest BCUT2D eigenvalue weighted by Crippen LogP contribution is -2.39. The van der Waals surface area contributed by atoms with Crippen LogP contribution >= 0.6 is 0 Å². The summed E-state index contributed by atoms with van der Waals surface area (Å²) in [6.07, 6.45) is 1.80. The predicted octanol–water partition coefficient (Wildman–Crippen LogP) is 2.23. The second-order valence-electron chi connectivity index (χ2n) is 5.39. The lowest BCUT2D eigenvalue weighted by Gasteiger charge is -2.23. The maximum atomic E-state index is 12.7. The van der Waals surface area contributed by atoms with E-state index in [-0.39, 0.29) is 18.5 Å². The number of hydrogen-bond donors (Lipinski definition) is 2. The fourth-order valence-corrected chi connectivity index (χ4v) is 2.07. The minimum Gasteiger partial charge on any atom is -0.382 e. The van der Waals surface area contributed by atoms with Crippen molar-refractivity contribution in [3.63, 3.8) is 0 Å². The number of amides is 2. The van der Waals surface area contributed by atoms with Crippen LogP contribution in [-0.2, 0) is 4.79 Å². The number of nitrogens with zero attached hydrogens (tertiary/aromatic N) is 1. The van der Waals surface area contributed by atoms with Crippen molar-refractivity contribution in [3.8, 4) is 0 Å². The Balaban J connectivity index is 2.99. The third-order valence-electron chi connectivity index (χ3n) is 3.02. The first-order valence-corrected chi connectivity index (χ1v) is 7.38. The quantitative estimate of drug-likeness (QED) is 0.771. The second kappa shape index (κ2) is 8.29. The Morgan fingerprint density at radius 3 is 2.52 bits per heavy atom. The molecule has 1 rings (SSSR count). The summed E-state index contributed by atoms with van der Waals surface area (Å²) >= 11 is 0. The summed E-state index contributed by atoms with van der Waals surface area (Å²) in [5.41, 5.74) is 6.61. The molecule has 5 nitrogen and oxygen atoms in total. The van der Waals surface area contributed by atoms with Gasteiger partial charge in [0.05, 0.1) is 12.1 Å². The van der Waals surface area contributed by atoms with E-state index < -0.39 is 5.91 Å². The number of primary amides is 1. The SMILES string of the molecule is CCCCN(CC(N)=O)C(=O)c1ccccc1NC(C)C. The molecule has 0 aromatic heterocycles. The van der Waals surface area contributed by atoms with Crippen molar-refractivity contribution in [2.75, 3.05) is 18.4 Å². The van der Waals surface area contributed by atoms with Gasteiger partial charge in [0, 0.05) is 18.3 Å². The molecular weight excluding hydrogens is 266 g/mol. The molecule has 21 heavy (non-hydrogen) atoms. The average Bonchev–Trinajstić information content (AvgIpc) is 2.42. The minimum atomic E-state index is -0.492. The van der Waals surface area contributed by atoms with E-state index >= 15 is 0 Å². The summed E-state index contributed by atoms with van der Waals surface area (Å²) in [6.45, 7) is 6.56. The second-order valence-corrected chi connectivity index (χ2v) is 5.39. The van der Waals surface area contributed by atoms with Crippen LogP contribution in [-0.4, -0.2) is 35.8 Å². The van der Waals surface area contributed by atoms with E-state index in [4.69, 9.17) is 5.73 Å². The highest BCUT2D eigenvalue weighted by Crippen LogP contribution is 2.18. The van der Waals surface area contributed by atoms with Gasteiger partial charge in [-0.25, -0.2) is 0 Å². The van der Waals surface area contributed by atoms with Crippen LogP contribution in [0.2, 0.25) is 0 Å². The number of nitrogens with one attached hydrogen (secondary N) is 1. The van der Waals surface area contributed by atoms with Crippen LogP contribution in [0.25, 0.3) is 0 Å². The molecule has 0 aliphatic heterocycles. The maximum Gasteiger partial charge on any atom is 0.256 e. The van der Waals surface area contributed by atoms with Crippen LogP contribution < -0.4 is 11.1 Å². The largest absolute Gasteiger partial charge is 0.382 e. The number of para-hydroxylation sites is 1.